The molecule has 6 nitrogen and oxygen atoms in total. The summed E-state index contributed by atoms with van der Waals surface area (Å²) in [5.74, 6) is 0.218. The van der Waals surface area contributed by atoms with Crippen molar-refractivity contribution < 1.29 is 9.53 Å². The van der Waals surface area contributed by atoms with Crippen LogP contribution < -0.4 is 10.6 Å². The second-order valence-corrected chi connectivity index (χ2v) is 7.51. The molecule has 6 heteroatoms. The minimum absolute atomic E-state index is 0.0134. The molecule has 0 aromatic heterocycles. The lowest BCUT2D eigenvalue weighted by atomic mass is 9.67. The molecule has 138 valence electrons. The van der Waals surface area contributed by atoms with Crippen molar-refractivity contribution in [1.29, 1.82) is 5.41 Å². The van der Waals surface area contributed by atoms with Gasteiger partial charge >= 0.3 is 0 Å². The third kappa shape index (κ3) is 2.59. The SMILES string of the molecule is N=C1N[C@]2(CC(=O)N1[C@H]1CCOC1)Cc1c(Nc3ccccc3)cccc12. The highest BCUT2D eigenvalue weighted by atomic mass is 16.5. The van der Waals surface area contributed by atoms with Gasteiger partial charge in [-0.2, -0.15) is 0 Å². The summed E-state index contributed by atoms with van der Waals surface area (Å²) >= 11 is 0. The van der Waals surface area contributed by atoms with Crippen LogP contribution in [0.5, 0.6) is 0 Å². The molecule has 1 amide bonds. The Morgan fingerprint density at radius 1 is 1.15 bits per heavy atom. The number of carbonyl (C=O) groups is 1. The first-order valence-electron chi connectivity index (χ1n) is 9.37. The molecule has 1 aliphatic carbocycles. The fraction of sp³-hybridized carbons (Fsp3) is 0.333. The van der Waals surface area contributed by atoms with Gasteiger partial charge in [-0.25, -0.2) is 0 Å². The van der Waals surface area contributed by atoms with Crippen LogP contribution in [0.25, 0.3) is 0 Å². The van der Waals surface area contributed by atoms with Gasteiger partial charge in [0.15, 0.2) is 5.96 Å². The lowest BCUT2D eigenvalue weighted by molar-refractivity contribution is -0.133. The van der Waals surface area contributed by atoms with Gasteiger partial charge in [0.25, 0.3) is 0 Å². The van der Waals surface area contributed by atoms with Crippen molar-refractivity contribution in [2.45, 2.75) is 30.8 Å². The Balaban J connectivity index is 1.40. The summed E-state index contributed by atoms with van der Waals surface area (Å²) in [4.78, 5) is 14.4. The molecular formula is C21H22N4O2. The van der Waals surface area contributed by atoms with E-state index in [1.807, 2.05) is 36.4 Å². The van der Waals surface area contributed by atoms with Gasteiger partial charge in [-0.1, -0.05) is 30.3 Å². The van der Waals surface area contributed by atoms with Crippen molar-refractivity contribution in [3.63, 3.8) is 0 Å². The number of carbonyl (C=O) groups excluding carboxylic acids is 1. The average molecular weight is 362 g/mol. The monoisotopic (exact) mass is 362 g/mol. The zero-order valence-corrected chi connectivity index (χ0v) is 15.0. The number of para-hydroxylation sites is 1. The van der Waals surface area contributed by atoms with Gasteiger partial charge in [-0.15, -0.1) is 0 Å². The Morgan fingerprint density at radius 3 is 2.74 bits per heavy atom. The molecule has 3 aliphatic rings. The van der Waals surface area contributed by atoms with E-state index in [0.29, 0.717) is 19.6 Å². The zero-order valence-electron chi connectivity index (χ0n) is 15.0. The van der Waals surface area contributed by atoms with Gasteiger partial charge in [0.05, 0.1) is 24.6 Å². The van der Waals surface area contributed by atoms with Crippen LogP contribution in [0.2, 0.25) is 0 Å². The standard InChI is InChI=1S/C21H22N4O2/c22-20-24-21(12-19(26)25(20)15-9-10-27-13-15)11-16-17(21)7-4-8-18(16)23-14-5-2-1-3-6-14/h1-8,15,23H,9-13H2,(H2,22,24)/t15-,21-/m0/s1. The number of ether oxygens (including phenoxy) is 1. The van der Waals surface area contributed by atoms with E-state index in [1.54, 1.807) is 4.90 Å². The molecule has 0 bridgehead atoms. The Labute approximate surface area is 158 Å². The predicted octanol–water partition coefficient (Wildman–Crippen LogP) is 2.73. The fourth-order valence-electron chi connectivity index (χ4n) is 4.49. The number of guanidine groups is 1. The number of nitrogens with zero attached hydrogens (tertiary/aromatic N) is 1. The Morgan fingerprint density at radius 2 is 2.00 bits per heavy atom. The summed E-state index contributed by atoms with van der Waals surface area (Å²) in [5, 5.41) is 15.2. The van der Waals surface area contributed by atoms with Crippen molar-refractivity contribution in [3.8, 4) is 0 Å². The maximum atomic E-state index is 12.9. The van der Waals surface area contributed by atoms with Gasteiger partial charge in [0, 0.05) is 24.4 Å². The molecule has 27 heavy (non-hydrogen) atoms. The maximum absolute atomic E-state index is 12.9. The largest absolute Gasteiger partial charge is 0.379 e. The molecule has 2 atom stereocenters. The van der Waals surface area contributed by atoms with Gasteiger partial charge in [-0.05, 0) is 35.7 Å². The second kappa shape index (κ2) is 6.09. The number of amides is 1. The van der Waals surface area contributed by atoms with Crippen LogP contribution in [0.3, 0.4) is 0 Å². The smallest absolute Gasteiger partial charge is 0.232 e. The minimum Gasteiger partial charge on any atom is -0.379 e. The van der Waals surface area contributed by atoms with Gasteiger partial charge in [0.1, 0.15) is 0 Å². The molecule has 2 fully saturated rings. The van der Waals surface area contributed by atoms with Crippen molar-refractivity contribution in [2.24, 2.45) is 0 Å². The van der Waals surface area contributed by atoms with Crippen LogP contribution in [0.15, 0.2) is 48.5 Å². The van der Waals surface area contributed by atoms with Crippen LogP contribution in [-0.2, 0) is 21.5 Å². The van der Waals surface area contributed by atoms with Crippen LogP contribution in [-0.4, -0.2) is 36.0 Å². The minimum atomic E-state index is -0.451. The summed E-state index contributed by atoms with van der Waals surface area (Å²) in [5.41, 5.74) is 3.99. The summed E-state index contributed by atoms with van der Waals surface area (Å²) in [7, 11) is 0. The summed E-state index contributed by atoms with van der Waals surface area (Å²) < 4.78 is 5.40. The molecule has 2 aliphatic heterocycles. The molecule has 3 N–H and O–H groups in total. The number of anilines is 2. The van der Waals surface area contributed by atoms with Crippen molar-refractivity contribution in [1.82, 2.24) is 10.2 Å². The normalized spacial score (nSPS) is 26.5. The first-order chi connectivity index (χ1) is 13.2. The summed E-state index contributed by atoms with van der Waals surface area (Å²) in [6, 6.07) is 16.2. The lowest BCUT2D eigenvalue weighted by Gasteiger charge is -2.51. The Hall–Kier alpha value is -2.86. The third-order valence-corrected chi connectivity index (χ3v) is 5.81. The molecule has 5 rings (SSSR count). The predicted molar refractivity (Wildman–Crippen MR) is 103 cm³/mol. The molecule has 0 radical (unpaired) electrons. The van der Waals surface area contributed by atoms with Crippen molar-refractivity contribution in [3.05, 3.63) is 59.7 Å². The van der Waals surface area contributed by atoms with Crippen LogP contribution >= 0.6 is 0 Å². The second-order valence-electron chi connectivity index (χ2n) is 7.51. The van der Waals surface area contributed by atoms with Crippen LogP contribution in [0, 0.1) is 5.41 Å². The molecule has 2 saturated heterocycles. The zero-order chi connectivity index (χ0) is 18.4. The molecule has 2 heterocycles. The molecule has 2 aromatic rings. The highest BCUT2D eigenvalue weighted by molar-refractivity contribution is 6.00. The van der Waals surface area contributed by atoms with E-state index in [0.717, 1.165) is 29.8 Å². The Kier molecular flexibility index (Phi) is 3.68. The Bertz CT molecular complexity index is 888. The lowest BCUT2D eigenvalue weighted by Crippen LogP contribution is -2.66. The average Bonchev–Trinajstić information content (AvgIpc) is 3.17. The molecule has 2 aromatic carbocycles. The first-order valence-corrected chi connectivity index (χ1v) is 9.37. The van der Waals surface area contributed by atoms with Crippen molar-refractivity contribution >= 4 is 23.2 Å². The number of hydrogen-bond acceptors (Lipinski definition) is 4. The number of hydrogen-bond donors (Lipinski definition) is 3. The van der Waals surface area contributed by atoms with E-state index in [-0.39, 0.29) is 17.9 Å². The summed E-state index contributed by atoms with van der Waals surface area (Å²) in [6.45, 7) is 1.18. The molecule has 0 unspecified atom stereocenters. The molecule has 1 spiro atoms. The van der Waals surface area contributed by atoms with Crippen LogP contribution in [0.1, 0.15) is 24.0 Å². The van der Waals surface area contributed by atoms with Gasteiger partial charge < -0.3 is 15.4 Å². The van der Waals surface area contributed by atoms with Gasteiger partial charge in [0.2, 0.25) is 5.91 Å². The highest BCUT2D eigenvalue weighted by Gasteiger charge is 2.51. The van der Waals surface area contributed by atoms with E-state index in [4.69, 9.17) is 10.1 Å². The van der Waals surface area contributed by atoms with Gasteiger partial charge in [-0.3, -0.25) is 15.1 Å². The van der Waals surface area contributed by atoms with Crippen LogP contribution in [0.4, 0.5) is 11.4 Å². The molecular weight excluding hydrogens is 340 g/mol. The first kappa shape index (κ1) is 16.3. The maximum Gasteiger partial charge on any atom is 0.232 e. The number of rotatable bonds is 3. The van der Waals surface area contributed by atoms with Crippen molar-refractivity contribution in [2.75, 3.05) is 18.5 Å². The fourth-order valence-corrected chi connectivity index (χ4v) is 4.49. The van der Waals surface area contributed by atoms with E-state index < -0.39 is 5.54 Å². The van der Waals surface area contributed by atoms with E-state index >= 15 is 0 Å². The van der Waals surface area contributed by atoms with E-state index in [2.05, 4.69) is 22.8 Å². The topological polar surface area (TPSA) is 77.5 Å². The molecule has 0 saturated carbocycles. The van der Waals surface area contributed by atoms with E-state index in [1.165, 1.54) is 5.56 Å². The third-order valence-electron chi connectivity index (χ3n) is 5.81. The number of benzene rings is 2. The summed E-state index contributed by atoms with van der Waals surface area (Å²) in [6.07, 6.45) is 1.92. The van der Waals surface area contributed by atoms with E-state index in [9.17, 15) is 4.79 Å². The number of nitrogens with one attached hydrogen (secondary N) is 3. The quantitative estimate of drug-likeness (QED) is 0.785. The number of fused-ring (bicyclic) bond motifs is 2. The highest BCUT2D eigenvalue weighted by Crippen LogP contribution is 2.47.